The lowest BCUT2D eigenvalue weighted by molar-refractivity contribution is 0.160. The second-order valence-corrected chi connectivity index (χ2v) is 8.24. The minimum absolute atomic E-state index is 0.556. The molecule has 0 bridgehead atoms. The van der Waals surface area contributed by atoms with Crippen LogP contribution in [0.2, 0.25) is 0 Å². The fourth-order valence-electron chi connectivity index (χ4n) is 4.29. The first-order chi connectivity index (χ1) is 13.2. The Kier molecular flexibility index (Phi) is 5.80. The van der Waals surface area contributed by atoms with Gasteiger partial charge < -0.3 is 10.1 Å². The van der Waals surface area contributed by atoms with Crippen LogP contribution in [-0.4, -0.2) is 31.1 Å². The van der Waals surface area contributed by atoms with E-state index in [0.717, 1.165) is 37.8 Å². The Morgan fingerprint density at radius 1 is 1.04 bits per heavy atom. The van der Waals surface area contributed by atoms with E-state index in [0.29, 0.717) is 12.6 Å². The lowest BCUT2D eigenvalue weighted by atomic mass is 9.95. The highest BCUT2D eigenvalue weighted by Crippen LogP contribution is 2.41. The van der Waals surface area contributed by atoms with Gasteiger partial charge in [-0.3, -0.25) is 4.90 Å². The third-order valence-corrected chi connectivity index (χ3v) is 5.94. The molecule has 2 aliphatic rings. The van der Waals surface area contributed by atoms with Crippen LogP contribution in [0, 0.1) is 19.8 Å². The number of hydrogen-bond acceptors (Lipinski definition) is 3. The minimum Gasteiger partial charge on any atom is -0.488 e. The number of ether oxygens (including phenoxy) is 1. The monoisotopic (exact) mass is 364 g/mol. The highest BCUT2D eigenvalue weighted by molar-refractivity contribution is 5.44. The second kappa shape index (κ2) is 8.45. The molecule has 4 rings (SSSR count). The number of aryl methyl sites for hydroxylation is 2. The van der Waals surface area contributed by atoms with Gasteiger partial charge in [0.1, 0.15) is 12.4 Å². The molecule has 0 aromatic heterocycles. The zero-order valence-electron chi connectivity index (χ0n) is 16.7. The molecule has 27 heavy (non-hydrogen) atoms. The molecule has 1 N–H and O–H groups in total. The predicted molar refractivity (Wildman–Crippen MR) is 111 cm³/mol. The van der Waals surface area contributed by atoms with Crippen LogP contribution in [0.1, 0.15) is 47.6 Å². The molecule has 1 aliphatic heterocycles. The van der Waals surface area contributed by atoms with Crippen molar-refractivity contribution in [3.05, 3.63) is 64.7 Å². The van der Waals surface area contributed by atoms with Crippen molar-refractivity contribution >= 4 is 0 Å². The number of nitrogens with zero attached hydrogens (tertiary/aromatic N) is 1. The summed E-state index contributed by atoms with van der Waals surface area (Å²) in [5, 5.41) is 3.49. The molecule has 1 heterocycles. The number of nitrogens with one attached hydrogen (secondary N) is 1. The van der Waals surface area contributed by atoms with E-state index in [1.54, 1.807) is 0 Å². The van der Waals surface area contributed by atoms with Crippen molar-refractivity contribution in [1.29, 1.82) is 0 Å². The molecule has 2 aromatic rings. The normalized spacial score (nSPS) is 19.0. The highest BCUT2D eigenvalue weighted by atomic mass is 16.5. The third kappa shape index (κ3) is 4.72. The zero-order chi connectivity index (χ0) is 18.6. The Morgan fingerprint density at radius 2 is 1.70 bits per heavy atom. The van der Waals surface area contributed by atoms with Crippen molar-refractivity contribution in [2.75, 3.05) is 26.2 Å². The van der Waals surface area contributed by atoms with E-state index in [9.17, 15) is 0 Å². The van der Waals surface area contributed by atoms with E-state index >= 15 is 0 Å². The standard InChI is InChI=1S/C24H32N2O/c1-18-14-22(23(16-20-8-9-20)26-12-10-25-11-13-26)15-19(2)24(18)27-17-21-6-4-3-5-7-21/h3-7,14-15,20,23,25H,8-13,16-17H2,1-2H3/t23-/m1/s1. The van der Waals surface area contributed by atoms with E-state index in [2.05, 4.69) is 60.5 Å². The summed E-state index contributed by atoms with van der Waals surface area (Å²) in [6.45, 7) is 9.55. The van der Waals surface area contributed by atoms with E-state index in [-0.39, 0.29) is 0 Å². The average Bonchev–Trinajstić information content (AvgIpc) is 3.51. The molecule has 3 nitrogen and oxygen atoms in total. The Bertz CT molecular complexity index is 725. The topological polar surface area (TPSA) is 24.5 Å². The Balaban J connectivity index is 1.53. The van der Waals surface area contributed by atoms with Gasteiger partial charge in [-0.15, -0.1) is 0 Å². The van der Waals surface area contributed by atoms with Gasteiger partial charge in [0.15, 0.2) is 0 Å². The van der Waals surface area contributed by atoms with Crippen LogP contribution in [0.4, 0.5) is 0 Å². The number of benzene rings is 2. The van der Waals surface area contributed by atoms with E-state index in [4.69, 9.17) is 4.74 Å². The first-order valence-electron chi connectivity index (χ1n) is 10.4. The molecule has 144 valence electrons. The lowest BCUT2D eigenvalue weighted by Crippen LogP contribution is -2.45. The van der Waals surface area contributed by atoms with Crippen molar-refractivity contribution in [2.45, 2.75) is 45.8 Å². The van der Waals surface area contributed by atoms with Gasteiger partial charge in [-0.1, -0.05) is 55.3 Å². The van der Waals surface area contributed by atoms with Gasteiger partial charge >= 0.3 is 0 Å². The number of piperazine rings is 1. The number of rotatable bonds is 7. The van der Waals surface area contributed by atoms with Crippen LogP contribution >= 0.6 is 0 Å². The summed E-state index contributed by atoms with van der Waals surface area (Å²) in [6, 6.07) is 15.7. The molecule has 2 fully saturated rings. The average molecular weight is 365 g/mol. The molecule has 0 unspecified atom stereocenters. The fourth-order valence-corrected chi connectivity index (χ4v) is 4.29. The molecule has 1 saturated heterocycles. The summed E-state index contributed by atoms with van der Waals surface area (Å²) < 4.78 is 6.20. The predicted octanol–water partition coefficient (Wildman–Crippen LogP) is 4.63. The van der Waals surface area contributed by atoms with Gasteiger partial charge in [-0.2, -0.15) is 0 Å². The summed E-state index contributed by atoms with van der Waals surface area (Å²) in [5.41, 5.74) is 5.22. The first-order valence-corrected chi connectivity index (χ1v) is 10.4. The lowest BCUT2D eigenvalue weighted by Gasteiger charge is -2.36. The summed E-state index contributed by atoms with van der Waals surface area (Å²) in [5.74, 6) is 1.98. The van der Waals surface area contributed by atoms with Crippen molar-refractivity contribution in [1.82, 2.24) is 10.2 Å². The van der Waals surface area contributed by atoms with Crippen molar-refractivity contribution in [3.63, 3.8) is 0 Å². The molecule has 0 radical (unpaired) electrons. The van der Waals surface area contributed by atoms with E-state index in [1.807, 2.05) is 6.07 Å². The first kappa shape index (κ1) is 18.5. The highest BCUT2D eigenvalue weighted by Gasteiger charge is 2.31. The Morgan fingerprint density at radius 3 is 2.33 bits per heavy atom. The molecule has 3 heteroatoms. The minimum atomic E-state index is 0.556. The van der Waals surface area contributed by atoms with Gasteiger partial charge in [-0.05, 0) is 48.4 Å². The van der Waals surface area contributed by atoms with Crippen molar-refractivity contribution in [2.24, 2.45) is 5.92 Å². The van der Waals surface area contributed by atoms with Gasteiger partial charge in [-0.25, -0.2) is 0 Å². The SMILES string of the molecule is Cc1cc([C@@H](CC2CC2)N2CCNCC2)cc(C)c1OCc1ccccc1. The van der Waals surface area contributed by atoms with E-state index < -0.39 is 0 Å². The molecule has 0 spiro atoms. The van der Waals surface area contributed by atoms with E-state index in [1.165, 1.54) is 41.5 Å². The van der Waals surface area contributed by atoms with Crippen molar-refractivity contribution < 1.29 is 4.74 Å². The molecule has 2 aromatic carbocycles. The smallest absolute Gasteiger partial charge is 0.125 e. The van der Waals surface area contributed by atoms with Crippen LogP contribution in [0.15, 0.2) is 42.5 Å². The summed E-state index contributed by atoms with van der Waals surface area (Å²) >= 11 is 0. The maximum absolute atomic E-state index is 6.20. The molecular weight excluding hydrogens is 332 g/mol. The van der Waals surface area contributed by atoms with Crippen LogP contribution in [0.3, 0.4) is 0 Å². The van der Waals surface area contributed by atoms with Crippen LogP contribution in [0.25, 0.3) is 0 Å². The van der Waals surface area contributed by atoms with Gasteiger partial charge in [0.2, 0.25) is 0 Å². The zero-order valence-corrected chi connectivity index (χ0v) is 16.7. The molecule has 1 aliphatic carbocycles. The molecule has 1 atom stereocenters. The van der Waals surface area contributed by atoms with Crippen LogP contribution < -0.4 is 10.1 Å². The molecular formula is C24H32N2O. The number of hydrogen-bond donors (Lipinski definition) is 1. The molecule has 1 saturated carbocycles. The summed E-state index contributed by atoms with van der Waals surface area (Å²) in [4.78, 5) is 2.69. The quantitative estimate of drug-likeness (QED) is 0.775. The van der Waals surface area contributed by atoms with Crippen molar-refractivity contribution in [3.8, 4) is 5.75 Å². The Labute approximate surface area is 163 Å². The van der Waals surface area contributed by atoms with Crippen LogP contribution in [-0.2, 0) is 6.61 Å². The van der Waals surface area contributed by atoms with Gasteiger partial charge in [0.05, 0.1) is 0 Å². The molecule has 0 amide bonds. The van der Waals surface area contributed by atoms with Crippen LogP contribution in [0.5, 0.6) is 5.75 Å². The largest absolute Gasteiger partial charge is 0.488 e. The third-order valence-electron chi connectivity index (χ3n) is 5.94. The maximum atomic E-state index is 6.20. The second-order valence-electron chi connectivity index (χ2n) is 8.24. The summed E-state index contributed by atoms with van der Waals surface area (Å²) in [7, 11) is 0. The summed E-state index contributed by atoms with van der Waals surface area (Å²) in [6.07, 6.45) is 4.14. The fraction of sp³-hybridized carbons (Fsp3) is 0.500. The Hall–Kier alpha value is -1.84. The van der Waals surface area contributed by atoms with Gasteiger partial charge in [0.25, 0.3) is 0 Å². The maximum Gasteiger partial charge on any atom is 0.125 e. The van der Waals surface area contributed by atoms with Gasteiger partial charge in [0, 0.05) is 32.2 Å².